The Morgan fingerprint density at radius 1 is 0.727 bits per heavy atom. The molecular weight excluding hydrogens is 1000 g/mol. The van der Waals surface area contributed by atoms with E-state index in [4.69, 9.17) is 9.72 Å². The van der Waals surface area contributed by atoms with Crippen molar-refractivity contribution in [2.75, 3.05) is 88.1 Å². The summed E-state index contributed by atoms with van der Waals surface area (Å²) in [6.07, 6.45) is -2.97. The highest BCUT2D eigenvalue weighted by Gasteiger charge is 2.52. The number of hydrogen-bond acceptors (Lipinski definition) is 14. The molecule has 0 bridgehead atoms. The van der Waals surface area contributed by atoms with Crippen molar-refractivity contribution in [3.05, 3.63) is 83.9 Å². The molecule has 5 aromatic rings. The normalized spacial score (nSPS) is 17.3. The van der Waals surface area contributed by atoms with Gasteiger partial charge in [0.1, 0.15) is 11.6 Å². The fourth-order valence-corrected chi connectivity index (χ4v) is 10.8. The maximum Gasteiger partial charge on any atom is 0.407 e. The number of para-hydroxylation sites is 1. The number of anilines is 3. The van der Waals surface area contributed by atoms with E-state index in [0.717, 1.165) is 37.6 Å². The van der Waals surface area contributed by atoms with E-state index in [1.165, 1.54) is 14.7 Å². The number of aryl methyl sites for hydroxylation is 1. The Labute approximate surface area is 457 Å². The molecular formula is C56H80N12O8S. The molecule has 4 amide bonds. The predicted molar refractivity (Wildman–Crippen MR) is 303 cm³/mol. The number of nitrogens with one attached hydrogen (secondary N) is 3. The smallest absolute Gasteiger partial charge is 0.407 e. The molecule has 2 aromatic heterocycles. The quantitative estimate of drug-likeness (QED) is 0.0475. The summed E-state index contributed by atoms with van der Waals surface area (Å²) >= 11 is 1.67. The van der Waals surface area contributed by atoms with Gasteiger partial charge in [0.05, 0.1) is 34.9 Å². The van der Waals surface area contributed by atoms with Crippen molar-refractivity contribution in [1.82, 2.24) is 44.9 Å². The Morgan fingerprint density at radius 3 is 2.00 bits per heavy atom. The van der Waals surface area contributed by atoms with E-state index in [9.17, 15) is 34.5 Å². The topological polar surface area (TPSA) is 242 Å². The summed E-state index contributed by atoms with van der Waals surface area (Å²) in [6.45, 7) is 21.9. The first-order valence-corrected chi connectivity index (χ1v) is 27.2. The third kappa shape index (κ3) is 16.5. The first-order chi connectivity index (χ1) is 36.3. The Hall–Kier alpha value is -7.00. The van der Waals surface area contributed by atoms with Crippen molar-refractivity contribution in [1.29, 1.82) is 0 Å². The van der Waals surface area contributed by atoms with Gasteiger partial charge in [0.15, 0.2) is 0 Å². The molecule has 1 aliphatic rings. The highest BCUT2D eigenvalue weighted by Crippen LogP contribution is 2.42. The van der Waals surface area contributed by atoms with E-state index in [1.54, 1.807) is 11.3 Å². The van der Waals surface area contributed by atoms with Gasteiger partial charge in [-0.1, -0.05) is 98.7 Å². The summed E-state index contributed by atoms with van der Waals surface area (Å²) in [4.78, 5) is 79.4. The van der Waals surface area contributed by atoms with E-state index in [0.29, 0.717) is 38.5 Å². The van der Waals surface area contributed by atoms with E-state index in [1.807, 2.05) is 124 Å². The lowest BCUT2D eigenvalue weighted by atomic mass is 9.69. The summed E-state index contributed by atoms with van der Waals surface area (Å²) in [6, 6.07) is 22.1. The van der Waals surface area contributed by atoms with Gasteiger partial charge in [0, 0.05) is 77.1 Å². The lowest BCUT2D eigenvalue weighted by molar-refractivity contribution is -0.120. The Balaban J connectivity index is 1.07. The lowest BCUT2D eigenvalue weighted by Crippen LogP contribution is -2.69. The van der Waals surface area contributed by atoms with Gasteiger partial charge in [-0.2, -0.15) is 15.0 Å². The second-order valence-corrected chi connectivity index (χ2v) is 24.0. The number of carbonyl (C=O) groups excluding carboxylic acids is 1. The van der Waals surface area contributed by atoms with Crippen LogP contribution in [0.25, 0.3) is 20.8 Å². The minimum atomic E-state index is -1.23. The Kier molecular flexibility index (Phi) is 19.9. The highest BCUT2D eigenvalue weighted by atomic mass is 32.1. The average Bonchev–Trinajstić information content (AvgIpc) is 3.79. The number of hydrogen-bond donors (Lipinski definition) is 6. The zero-order valence-electron chi connectivity index (χ0n) is 46.7. The number of aromatic nitrogens is 4. The van der Waals surface area contributed by atoms with Gasteiger partial charge in [-0.15, -0.1) is 11.3 Å². The van der Waals surface area contributed by atoms with Gasteiger partial charge in [0.2, 0.25) is 17.8 Å². The number of nitrogens with zero attached hydrogens (tertiary/aromatic N) is 9. The molecule has 0 spiro atoms. The number of fused-ring (bicyclic) bond motifs is 1. The van der Waals surface area contributed by atoms with E-state index in [-0.39, 0.29) is 70.2 Å². The zero-order valence-corrected chi connectivity index (χ0v) is 47.5. The summed E-state index contributed by atoms with van der Waals surface area (Å²) in [5, 5.41) is 42.7. The van der Waals surface area contributed by atoms with Crippen LogP contribution in [0.1, 0.15) is 86.3 Å². The molecule has 3 atom stereocenters. The molecule has 21 heteroatoms. The first kappa shape index (κ1) is 59.2. The largest absolute Gasteiger partial charge is 0.465 e. The van der Waals surface area contributed by atoms with Gasteiger partial charge >= 0.3 is 24.3 Å². The molecule has 0 aliphatic carbocycles. The van der Waals surface area contributed by atoms with Crippen molar-refractivity contribution >= 4 is 63.3 Å². The van der Waals surface area contributed by atoms with Crippen LogP contribution in [0.3, 0.4) is 0 Å². The van der Waals surface area contributed by atoms with E-state index >= 15 is 0 Å². The van der Waals surface area contributed by atoms with Gasteiger partial charge in [-0.05, 0) is 83.7 Å². The maximum absolute atomic E-state index is 13.4. The van der Waals surface area contributed by atoms with Crippen molar-refractivity contribution < 1.29 is 39.2 Å². The molecule has 6 N–H and O–H groups in total. The molecule has 77 heavy (non-hydrogen) atoms. The number of benzene rings is 3. The molecule has 1 saturated heterocycles. The summed E-state index contributed by atoms with van der Waals surface area (Å²) in [7, 11) is 1.99. The van der Waals surface area contributed by atoms with Crippen LogP contribution in [0.4, 0.5) is 32.0 Å². The second kappa shape index (κ2) is 25.9. The molecule has 6 rings (SSSR count). The van der Waals surface area contributed by atoms with Crippen LogP contribution in [0.2, 0.25) is 0 Å². The van der Waals surface area contributed by atoms with E-state index < -0.39 is 52.7 Å². The highest BCUT2D eigenvalue weighted by molar-refractivity contribution is 7.21. The van der Waals surface area contributed by atoms with Crippen molar-refractivity contribution in [2.45, 2.75) is 107 Å². The standard InChI is InChI=1S/C56H80N12O8S/c1-37-17-12-13-18-39(37)35-59-49-61-48(62-50(63-49)76-34-33-64(11)40-23-21-38(22-24-40)47-60-41-19-14-15-20-42(41)77-47)58-27-25-44(69)57-26-16-28-65-29-31-66(51(70)71)36-43(54(2,3)4)68(53(74)75)46(56(8,9)10)45(55(5,6)7)67(32-30-65)52(72)73/h12-15,17-24,43,45-46H,16,25-36H2,1-11H3,(H,57,69)(H,70,71)(H,72,73)(H,74,75)(H2,58,59,61,62,63). The fourth-order valence-electron chi connectivity index (χ4n) is 9.78. The molecule has 0 saturated carbocycles. The number of likely N-dealkylation sites (N-methyl/N-ethyl adjacent to an activating group) is 1. The van der Waals surface area contributed by atoms with Crippen LogP contribution in [-0.2, 0) is 11.3 Å². The van der Waals surface area contributed by atoms with Crippen LogP contribution in [0.5, 0.6) is 6.01 Å². The number of amides is 4. The molecule has 3 heterocycles. The van der Waals surface area contributed by atoms with Crippen molar-refractivity contribution in [2.24, 2.45) is 16.2 Å². The minimum absolute atomic E-state index is 0.0497. The molecule has 418 valence electrons. The molecule has 0 radical (unpaired) electrons. The fraction of sp³-hybridized carbons (Fsp3) is 0.536. The monoisotopic (exact) mass is 1080 g/mol. The third-order valence-corrected chi connectivity index (χ3v) is 15.0. The van der Waals surface area contributed by atoms with Crippen LogP contribution in [0, 0.1) is 23.2 Å². The maximum atomic E-state index is 13.4. The molecule has 3 unspecified atom stereocenters. The lowest BCUT2D eigenvalue weighted by Gasteiger charge is -2.55. The number of thiazole rings is 1. The molecule has 3 aromatic carbocycles. The summed E-state index contributed by atoms with van der Waals surface area (Å²) in [5.41, 5.74) is 3.05. The van der Waals surface area contributed by atoms with Crippen molar-refractivity contribution in [3.63, 3.8) is 0 Å². The Morgan fingerprint density at radius 2 is 1.38 bits per heavy atom. The average molecular weight is 1080 g/mol. The number of carboxylic acid groups (broad SMARTS) is 3. The predicted octanol–water partition coefficient (Wildman–Crippen LogP) is 9.39. The van der Waals surface area contributed by atoms with Crippen LogP contribution in [0.15, 0.2) is 72.8 Å². The van der Waals surface area contributed by atoms with Gasteiger partial charge in [-0.25, -0.2) is 19.4 Å². The van der Waals surface area contributed by atoms with Crippen molar-refractivity contribution in [3.8, 4) is 16.6 Å². The summed E-state index contributed by atoms with van der Waals surface area (Å²) < 4.78 is 7.26. The molecule has 1 fully saturated rings. The van der Waals surface area contributed by atoms with E-state index in [2.05, 4.69) is 66.1 Å². The van der Waals surface area contributed by atoms with Gasteiger partial charge < -0.3 is 50.7 Å². The third-order valence-electron chi connectivity index (χ3n) is 13.9. The van der Waals surface area contributed by atoms with Gasteiger partial charge in [0.25, 0.3) is 0 Å². The van der Waals surface area contributed by atoms with Gasteiger partial charge in [-0.3, -0.25) is 14.6 Å². The first-order valence-electron chi connectivity index (χ1n) is 26.4. The SMILES string of the molecule is Cc1ccccc1CNc1nc(NCCC(=O)NCCCN2CCN(C(=O)O)CC(C(C)(C)C)N(C(=O)O)C(C(C)(C)C)C(C(C)(C)C)N(C(=O)O)CC2)nc(OCCN(C)c2ccc(-c3nc4ccccc4s3)cc2)n1. The summed E-state index contributed by atoms with van der Waals surface area (Å²) in [5.74, 6) is 0.335. The zero-order chi connectivity index (χ0) is 56.2. The minimum Gasteiger partial charge on any atom is -0.465 e. The van der Waals surface area contributed by atoms with Crippen LogP contribution in [-0.4, -0.2) is 170 Å². The van der Waals surface area contributed by atoms with Crippen LogP contribution < -0.4 is 25.6 Å². The number of rotatable bonds is 17. The number of carbonyl (C=O) groups is 4. The van der Waals surface area contributed by atoms with Crippen LogP contribution >= 0.6 is 11.3 Å². The molecule has 1 aliphatic heterocycles. The number of ether oxygens (including phenoxy) is 1. The second-order valence-electron chi connectivity index (χ2n) is 23.0. The Bertz CT molecular complexity index is 2740. The molecule has 20 nitrogen and oxygen atoms in total.